The predicted molar refractivity (Wildman–Crippen MR) is 85.2 cm³/mol. The van der Waals surface area contributed by atoms with Gasteiger partial charge in [0, 0.05) is 17.0 Å². The molecule has 21 heavy (non-hydrogen) atoms. The lowest BCUT2D eigenvalue weighted by Crippen LogP contribution is -2.83. The van der Waals surface area contributed by atoms with E-state index in [-0.39, 0.29) is 0 Å². The molecule has 0 spiro atoms. The highest BCUT2D eigenvalue weighted by Gasteiger charge is 2.05. The van der Waals surface area contributed by atoms with Crippen molar-refractivity contribution >= 4 is 11.6 Å². The van der Waals surface area contributed by atoms with Gasteiger partial charge in [-0.15, -0.1) is 0 Å². The lowest BCUT2D eigenvalue weighted by atomic mass is 10.1. The van der Waals surface area contributed by atoms with Crippen LogP contribution in [-0.4, -0.2) is 20.8 Å². The van der Waals surface area contributed by atoms with E-state index in [9.17, 15) is 0 Å². The van der Waals surface area contributed by atoms with E-state index in [0.717, 1.165) is 36.0 Å². The van der Waals surface area contributed by atoms with Gasteiger partial charge < -0.3 is 14.8 Å². The van der Waals surface area contributed by atoms with Crippen LogP contribution in [0.2, 0.25) is 5.02 Å². The molecule has 0 aliphatic rings. The summed E-state index contributed by atoms with van der Waals surface area (Å²) in [5.41, 5.74) is 2.53. The molecular formula is C17H21ClNO2+. The molecule has 0 atom stereocenters. The maximum Gasteiger partial charge on any atom is 0.160 e. The minimum Gasteiger partial charge on any atom is -0.493 e. The van der Waals surface area contributed by atoms with Gasteiger partial charge in [-0.2, -0.15) is 0 Å². The largest absolute Gasteiger partial charge is 0.493 e. The molecule has 0 unspecified atom stereocenters. The van der Waals surface area contributed by atoms with E-state index in [4.69, 9.17) is 21.1 Å². The lowest BCUT2D eigenvalue weighted by Gasteiger charge is -2.09. The Balaban J connectivity index is 1.82. The number of ether oxygens (including phenoxy) is 2. The second kappa shape index (κ2) is 7.91. The fraction of sp³-hybridized carbons (Fsp3) is 0.294. The van der Waals surface area contributed by atoms with Crippen molar-refractivity contribution in [2.45, 2.75) is 13.0 Å². The molecule has 3 nitrogen and oxygen atoms in total. The average Bonchev–Trinajstić information content (AvgIpc) is 2.53. The second-order valence-corrected chi connectivity index (χ2v) is 5.28. The van der Waals surface area contributed by atoms with Gasteiger partial charge >= 0.3 is 0 Å². The molecule has 112 valence electrons. The van der Waals surface area contributed by atoms with Gasteiger partial charge in [0.1, 0.15) is 6.54 Å². The van der Waals surface area contributed by atoms with Crippen LogP contribution in [0.5, 0.6) is 11.5 Å². The van der Waals surface area contributed by atoms with Gasteiger partial charge in [0.25, 0.3) is 0 Å². The number of quaternary nitrogens is 1. The van der Waals surface area contributed by atoms with E-state index in [0.29, 0.717) is 0 Å². The number of hydrogen-bond donors (Lipinski definition) is 1. The molecule has 0 fully saturated rings. The molecule has 0 bridgehead atoms. The molecule has 0 aromatic heterocycles. The number of hydrogen-bond acceptors (Lipinski definition) is 2. The van der Waals surface area contributed by atoms with Crippen LogP contribution in [0.3, 0.4) is 0 Å². The summed E-state index contributed by atoms with van der Waals surface area (Å²) in [6, 6.07) is 14.1. The second-order valence-electron chi connectivity index (χ2n) is 4.85. The van der Waals surface area contributed by atoms with Crippen molar-refractivity contribution in [2.24, 2.45) is 0 Å². The van der Waals surface area contributed by atoms with Gasteiger partial charge in [-0.3, -0.25) is 0 Å². The van der Waals surface area contributed by atoms with Crippen molar-refractivity contribution in [3.8, 4) is 11.5 Å². The molecule has 0 saturated carbocycles. The molecule has 0 aliphatic heterocycles. The van der Waals surface area contributed by atoms with E-state index in [1.807, 2.05) is 24.3 Å². The molecule has 2 aromatic rings. The fourth-order valence-electron chi connectivity index (χ4n) is 2.19. The Hall–Kier alpha value is -1.71. The van der Waals surface area contributed by atoms with Crippen LogP contribution in [0.15, 0.2) is 42.5 Å². The Labute approximate surface area is 130 Å². The summed E-state index contributed by atoms with van der Waals surface area (Å²) in [4.78, 5) is 0. The average molecular weight is 307 g/mol. The SMILES string of the molecule is COc1ccc(CC[NH2+]Cc2ccc(Cl)cc2)cc1OC. The number of methoxy groups -OCH3 is 2. The van der Waals surface area contributed by atoms with Crippen molar-refractivity contribution in [2.75, 3.05) is 20.8 Å². The Morgan fingerprint density at radius 2 is 1.57 bits per heavy atom. The van der Waals surface area contributed by atoms with Crippen LogP contribution in [0.25, 0.3) is 0 Å². The van der Waals surface area contributed by atoms with E-state index in [1.54, 1.807) is 14.2 Å². The number of halogens is 1. The van der Waals surface area contributed by atoms with Gasteiger partial charge in [0.15, 0.2) is 11.5 Å². The van der Waals surface area contributed by atoms with Crippen LogP contribution < -0.4 is 14.8 Å². The Morgan fingerprint density at radius 1 is 0.905 bits per heavy atom. The molecule has 0 radical (unpaired) electrons. The third-order valence-corrected chi connectivity index (χ3v) is 3.63. The monoisotopic (exact) mass is 306 g/mol. The molecule has 0 heterocycles. The first-order valence-electron chi connectivity index (χ1n) is 7.00. The van der Waals surface area contributed by atoms with Crippen molar-refractivity contribution in [3.63, 3.8) is 0 Å². The van der Waals surface area contributed by atoms with E-state index < -0.39 is 0 Å². The van der Waals surface area contributed by atoms with Crippen LogP contribution in [-0.2, 0) is 13.0 Å². The van der Waals surface area contributed by atoms with Gasteiger partial charge in [-0.1, -0.05) is 29.8 Å². The van der Waals surface area contributed by atoms with Crippen molar-refractivity contribution in [1.82, 2.24) is 0 Å². The van der Waals surface area contributed by atoms with Crippen LogP contribution in [0.4, 0.5) is 0 Å². The normalized spacial score (nSPS) is 10.4. The van der Waals surface area contributed by atoms with Gasteiger partial charge in [-0.05, 0) is 29.8 Å². The van der Waals surface area contributed by atoms with E-state index in [2.05, 4.69) is 23.5 Å². The first-order valence-corrected chi connectivity index (χ1v) is 7.37. The standard InChI is InChI=1S/C17H20ClNO2/c1-20-16-8-5-13(11-17(16)21-2)9-10-19-12-14-3-6-15(18)7-4-14/h3-8,11,19H,9-10,12H2,1-2H3/p+1. The topological polar surface area (TPSA) is 35.1 Å². The molecular weight excluding hydrogens is 286 g/mol. The summed E-state index contributed by atoms with van der Waals surface area (Å²) in [6.07, 6.45) is 0.994. The highest BCUT2D eigenvalue weighted by molar-refractivity contribution is 6.30. The zero-order chi connectivity index (χ0) is 15.1. The summed E-state index contributed by atoms with van der Waals surface area (Å²) in [5.74, 6) is 1.55. The molecule has 0 amide bonds. The number of rotatable bonds is 7. The molecule has 0 aliphatic carbocycles. The van der Waals surface area contributed by atoms with E-state index >= 15 is 0 Å². The fourth-order valence-corrected chi connectivity index (χ4v) is 2.32. The van der Waals surface area contributed by atoms with Crippen molar-refractivity contribution in [3.05, 3.63) is 58.6 Å². The van der Waals surface area contributed by atoms with Crippen molar-refractivity contribution < 1.29 is 14.8 Å². The van der Waals surface area contributed by atoms with Crippen molar-refractivity contribution in [1.29, 1.82) is 0 Å². The molecule has 2 aromatic carbocycles. The zero-order valence-electron chi connectivity index (χ0n) is 12.4. The van der Waals surface area contributed by atoms with Gasteiger partial charge in [-0.25, -0.2) is 0 Å². The number of nitrogens with two attached hydrogens (primary N) is 1. The lowest BCUT2D eigenvalue weighted by molar-refractivity contribution is -0.670. The van der Waals surface area contributed by atoms with E-state index in [1.165, 1.54) is 11.1 Å². The Bertz CT molecular complexity index is 570. The highest BCUT2D eigenvalue weighted by atomic mass is 35.5. The molecule has 2 N–H and O–H groups in total. The van der Waals surface area contributed by atoms with Crippen LogP contribution >= 0.6 is 11.6 Å². The maximum absolute atomic E-state index is 5.87. The summed E-state index contributed by atoms with van der Waals surface area (Å²) < 4.78 is 10.6. The Kier molecular flexibility index (Phi) is 5.90. The van der Waals surface area contributed by atoms with Gasteiger partial charge in [0.2, 0.25) is 0 Å². The molecule has 4 heteroatoms. The highest BCUT2D eigenvalue weighted by Crippen LogP contribution is 2.27. The minimum absolute atomic E-state index is 0.770. The van der Waals surface area contributed by atoms with Crippen LogP contribution in [0.1, 0.15) is 11.1 Å². The predicted octanol–water partition coefficient (Wildman–Crippen LogP) is 2.66. The summed E-state index contributed by atoms with van der Waals surface area (Å²) in [7, 11) is 3.31. The molecule has 2 rings (SSSR count). The number of benzene rings is 2. The summed E-state index contributed by atoms with van der Waals surface area (Å²) in [5, 5.41) is 3.07. The maximum atomic E-state index is 5.87. The first-order chi connectivity index (χ1) is 10.2. The first kappa shape index (κ1) is 15.7. The smallest absolute Gasteiger partial charge is 0.160 e. The van der Waals surface area contributed by atoms with Gasteiger partial charge in [0.05, 0.1) is 20.8 Å². The minimum atomic E-state index is 0.770. The third-order valence-electron chi connectivity index (χ3n) is 3.38. The summed E-state index contributed by atoms with van der Waals surface area (Å²) in [6.45, 7) is 1.99. The zero-order valence-corrected chi connectivity index (χ0v) is 13.2. The summed E-state index contributed by atoms with van der Waals surface area (Å²) >= 11 is 5.87. The molecule has 0 saturated heterocycles. The third kappa shape index (κ3) is 4.66. The van der Waals surface area contributed by atoms with Crippen LogP contribution in [0, 0.1) is 0 Å². The quantitative estimate of drug-likeness (QED) is 0.798. The Morgan fingerprint density at radius 3 is 2.24 bits per heavy atom.